The van der Waals surface area contributed by atoms with Crippen LogP contribution in [0.1, 0.15) is 39.0 Å². The maximum atomic E-state index is 8.11. The van der Waals surface area contributed by atoms with Crippen molar-refractivity contribution in [3.05, 3.63) is 144 Å². The van der Waals surface area contributed by atoms with Gasteiger partial charge in [-0.05, 0) is 91.4 Å². The molecule has 8 rings (SSSR count). The predicted molar refractivity (Wildman–Crippen MR) is 182 cm³/mol. The van der Waals surface area contributed by atoms with Crippen LogP contribution in [0.15, 0.2) is 114 Å². The molecule has 0 aliphatic heterocycles. The van der Waals surface area contributed by atoms with Crippen LogP contribution in [0.4, 0.5) is 0 Å². The molecular weight excluding hydrogens is 745 g/mol. The fourth-order valence-corrected chi connectivity index (χ4v) is 5.04. The molecule has 8 aromatic rings. The van der Waals surface area contributed by atoms with Crippen LogP contribution in [0.25, 0.3) is 66.6 Å². The van der Waals surface area contributed by atoms with Crippen molar-refractivity contribution in [3.8, 4) is 33.6 Å². The van der Waals surface area contributed by atoms with Gasteiger partial charge in [0.25, 0.3) is 0 Å². The summed E-state index contributed by atoms with van der Waals surface area (Å²) in [7, 11) is 0. The van der Waals surface area contributed by atoms with E-state index in [9.17, 15) is 0 Å². The Hall–Kier alpha value is -5.03. The van der Waals surface area contributed by atoms with Crippen LogP contribution in [0, 0.1) is 39.5 Å². The summed E-state index contributed by atoms with van der Waals surface area (Å²) in [6, 6.07) is 33.3. The number of benzene rings is 3. The molecule has 227 valence electrons. The molecule has 0 atom stereocenters. The normalized spacial score (nSPS) is 15.8. The maximum Gasteiger partial charge on any atom is 0.216 e. The number of nitrogens with zero attached hydrogens (tertiary/aromatic N) is 4. The van der Waals surface area contributed by atoms with Crippen molar-refractivity contribution in [2.24, 2.45) is 0 Å². The number of rotatable bonds is 3. The second kappa shape index (κ2) is 13.1. The van der Waals surface area contributed by atoms with Gasteiger partial charge in [0.2, 0.25) is 5.71 Å². The van der Waals surface area contributed by atoms with Crippen molar-refractivity contribution < 1.29 is 41.0 Å². The minimum absolute atomic E-state index is 0. The van der Waals surface area contributed by atoms with Crippen molar-refractivity contribution in [3.63, 3.8) is 0 Å². The van der Waals surface area contributed by atoms with Crippen molar-refractivity contribution >= 4 is 33.0 Å². The van der Waals surface area contributed by atoms with E-state index in [0.717, 1.165) is 11.3 Å². The molecule has 3 aromatic carbocycles. The van der Waals surface area contributed by atoms with Gasteiger partial charge in [0.1, 0.15) is 0 Å². The first kappa shape index (κ1) is 19.5. The molecule has 0 saturated carbocycles. The molecule has 0 amide bonds. The molecule has 5 heterocycles. The van der Waals surface area contributed by atoms with Crippen LogP contribution in [0.5, 0.6) is 0 Å². The topological polar surface area (TPSA) is 64.7 Å². The molecule has 46 heavy (non-hydrogen) atoms. The molecule has 0 aliphatic rings. The summed E-state index contributed by atoms with van der Waals surface area (Å²) < 4.78 is 97.9. The smallest absolute Gasteiger partial charge is 0.216 e. The third-order valence-electron chi connectivity index (χ3n) is 7.21. The third-order valence-corrected chi connectivity index (χ3v) is 7.21. The molecule has 5 nitrogen and oxygen atoms in total. The standard InChI is InChI=1S/C28H20N3O.C12H10N.Ir/c1-16-15-29-26(14-24(16)19-10-12-25-20(13-19)9-7-17(2)30-25)23-6-4-5-21-22-11-8-18(3)31-28(22)32-27(21)23;1-10-7-8-12(13-9-10)11-5-3-2-4-6-11;/h4-5,7-15H,1-3H3;2-5,7-9H,1H3;/q2*-1;/i1D3,2D3,3D3;1D3;. The van der Waals surface area contributed by atoms with E-state index in [0.29, 0.717) is 49.6 Å². The van der Waals surface area contributed by atoms with E-state index >= 15 is 0 Å². The molecule has 0 fully saturated rings. The second-order valence-corrected chi connectivity index (χ2v) is 10.2. The first-order valence-electron chi connectivity index (χ1n) is 19.9. The first-order valence-corrected chi connectivity index (χ1v) is 13.9. The second-order valence-electron chi connectivity index (χ2n) is 10.2. The Bertz CT molecular complexity index is 2740. The quantitative estimate of drug-likeness (QED) is 0.167. The number of pyridine rings is 4. The molecule has 0 N–H and O–H groups in total. The molecule has 0 saturated heterocycles. The van der Waals surface area contributed by atoms with E-state index < -0.39 is 27.4 Å². The monoisotopic (exact) mass is 787 g/mol. The Kier molecular flexibility index (Phi) is 5.56. The SMILES string of the molecule is [2H]C([2H])([2H])c1ccc(-c2[c-]cccc2)nc1.[2H]C([2H])([2H])c1ccc2cc(-c3cc(-c4[c-]ccc5c4oc4nc(C([2H])([2H])[2H])ccc45)ncc3C([2H])([2H])[2H])ccc2n1.[Ir]. The van der Waals surface area contributed by atoms with Crippen LogP contribution in [-0.2, 0) is 20.1 Å². The van der Waals surface area contributed by atoms with E-state index in [1.807, 2.05) is 18.2 Å². The molecular formula is C40H30IrN4O-2. The van der Waals surface area contributed by atoms with E-state index in [2.05, 4.69) is 32.1 Å². The minimum atomic E-state index is -2.47. The fourth-order valence-electron chi connectivity index (χ4n) is 5.04. The first-order chi connectivity index (χ1) is 26.8. The average molecular weight is 787 g/mol. The number of fused-ring (bicyclic) bond motifs is 4. The van der Waals surface area contributed by atoms with Crippen molar-refractivity contribution in [2.75, 3.05) is 0 Å². The summed E-state index contributed by atoms with van der Waals surface area (Å²) in [4.78, 5) is 17.0. The van der Waals surface area contributed by atoms with Gasteiger partial charge >= 0.3 is 0 Å². The van der Waals surface area contributed by atoms with Gasteiger partial charge in [-0.2, -0.15) is 0 Å². The van der Waals surface area contributed by atoms with Crippen molar-refractivity contribution in [1.82, 2.24) is 19.9 Å². The third kappa shape index (κ3) is 6.23. The Morgan fingerprint density at radius 3 is 2.39 bits per heavy atom. The van der Waals surface area contributed by atoms with Gasteiger partial charge in [-0.3, -0.25) is 4.98 Å². The van der Waals surface area contributed by atoms with Gasteiger partial charge in [-0.1, -0.05) is 41.3 Å². The van der Waals surface area contributed by atoms with E-state index in [-0.39, 0.29) is 48.3 Å². The number of hydrogen-bond donors (Lipinski definition) is 0. The molecule has 0 bridgehead atoms. The van der Waals surface area contributed by atoms with Crippen molar-refractivity contribution in [1.29, 1.82) is 0 Å². The molecule has 0 spiro atoms. The summed E-state index contributed by atoms with van der Waals surface area (Å²) in [5, 5.41) is 1.96. The number of aromatic nitrogens is 4. The molecule has 0 aliphatic carbocycles. The van der Waals surface area contributed by atoms with Crippen LogP contribution in [-0.4, -0.2) is 19.9 Å². The zero-order valence-corrected chi connectivity index (χ0v) is 26.3. The zero-order chi connectivity index (χ0) is 40.9. The van der Waals surface area contributed by atoms with E-state index in [4.69, 9.17) is 20.9 Å². The summed E-state index contributed by atoms with van der Waals surface area (Å²) in [6.45, 7) is -9.30. The Morgan fingerprint density at radius 1 is 0.696 bits per heavy atom. The average Bonchev–Trinajstić information content (AvgIpc) is 3.55. The zero-order valence-electron chi connectivity index (χ0n) is 35.9. The predicted octanol–water partition coefficient (Wildman–Crippen LogP) is 9.84. The van der Waals surface area contributed by atoms with Crippen LogP contribution < -0.4 is 0 Å². The minimum Gasteiger partial charge on any atom is -0.486 e. The molecule has 1 radical (unpaired) electrons. The van der Waals surface area contributed by atoms with Crippen LogP contribution >= 0.6 is 0 Å². The number of hydrogen-bond acceptors (Lipinski definition) is 5. The van der Waals surface area contributed by atoms with E-state index in [1.54, 1.807) is 66.7 Å². The van der Waals surface area contributed by atoms with Gasteiger partial charge in [0, 0.05) is 71.1 Å². The number of furan rings is 1. The Balaban J connectivity index is 0.000000280. The largest absolute Gasteiger partial charge is 0.486 e. The summed E-state index contributed by atoms with van der Waals surface area (Å²) in [5.41, 5.74) is 4.62. The fraction of sp³-hybridized carbons (Fsp3) is 0.100. The molecule has 5 aromatic heterocycles. The molecule has 0 unspecified atom stereocenters. The van der Waals surface area contributed by atoms with Gasteiger partial charge in [-0.15, -0.1) is 54.1 Å². The van der Waals surface area contributed by atoms with Gasteiger partial charge in [-0.25, -0.2) is 4.98 Å². The Morgan fingerprint density at radius 2 is 1.59 bits per heavy atom. The molecule has 6 heteroatoms. The van der Waals surface area contributed by atoms with Crippen LogP contribution in [0.3, 0.4) is 0 Å². The van der Waals surface area contributed by atoms with E-state index in [1.165, 1.54) is 24.5 Å². The summed E-state index contributed by atoms with van der Waals surface area (Å²) in [5.74, 6) is 0. The van der Waals surface area contributed by atoms with Gasteiger partial charge < -0.3 is 14.4 Å². The van der Waals surface area contributed by atoms with Crippen molar-refractivity contribution in [2.45, 2.75) is 27.4 Å². The summed E-state index contributed by atoms with van der Waals surface area (Å²) in [6.07, 6.45) is 2.70. The van der Waals surface area contributed by atoms with Crippen LogP contribution in [0.2, 0.25) is 0 Å². The van der Waals surface area contributed by atoms with Gasteiger partial charge in [0.05, 0.1) is 11.1 Å². The van der Waals surface area contributed by atoms with Gasteiger partial charge in [0.15, 0.2) is 0 Å². The maximum absolute atomic E-state index is 8.11. The number of aryl methyl sites for hydroxylation is 4. The summed E-state index contributed by atoms with van der Waals surface area (Å²) >= 11 is 0. The Labute approximate surface area is 298 Å².